The third-order valence-corrected chi connectivity index (χ3v) is 5.00. The molecule has 0 unspecified atom stereocenters. The molecule has 0 nitrogen and oxygen atoms in total. The van der Waals surface area contributed by atoms with Gasteiger partial charge in [-0.15, -0.1) is 0 Å². The van der Waals surface area contributed by atoms with Crippen LogP contribution in [0.1, 0.15) is 90.1 Å². The first-order chi connectivity index (χ1) is 11.3. The van der Waals surface area contributed by atoms with Crippen LogP contribution in [-0.4, -0.2) is 0 Å². The van der Waals surface area contributed by atoms with Gasteiger partial charge < -0.3 is 0 Å². The van der Waals surface area contributed by atoms with E-state index in [-0.39, 0.29) is 16.2 Å². The predicted octanol–water partition coefficient (Wildman–Crippen LogP) is 7.17. The molecule has 0 aliphatic heterocycles. The third-order valence-electron chi connectivity index (χ3n) is 5.00. The fraction of sp³-hybridized carbons (Fsp3) is 0.520. The first-order valence-electron chi connectivity index (χ1n) is 9.52. The lowest BCUT2D eigenvalue weighted by atomic mass is 9.77. The average Bonchev–Trinajstić information content (AvgIpc) is 2.45. The minimum absolute atomic E-state index is 0.155. The summed E-state index contributed by atoms with van der Waals surface area (Å²) >= 11 is 0. The fourth-order valence-electron chi connectivity index (χ4n) is 3.24. The summed E-state index contributed by atoms with van der Waals surface area (Å²) in [5.74, 6) is 0. The first-order valence-corrected chi connectivity index (χ1v) is 9.52. The van der Waals surface area contributed by atoms with Crippen molar-refractivity contribution in [3.63, 3.8) is 0 Å². The van der Waals surface area contributed by atoms with Gasteiger partial charge in [0.15, 0.2) is 0 Å². The van der Waals surface area contributed by atoms with E-state index in [1.165, 1.54) is 27.8 Å². The van der Waals surface area contributed by atoms with Crippen LogP contribution in [0.5, 0.6) is 0 Å². The lowest BCUT2D eigenvalue weighted by Gasteiger charge is -2.28. The van der Waals surface area contributed by atoms with Crippen molar-refractivity contribution in [2.24, 2.45) is 0 Å². The second kappa shape index (κ2) is 6.63. The summed E-state index contributed by atoms with van der Waals surface area (Å²) in [6.07, 6.45) is 1.00. The minimum atomic E-state index is 0.155. The summed E-state index contributed by atoms with van der Waals surface area (Å²) in [6, 6.07) is 16.3. The minimum Gasteiger partial charge on any atom is -0.0584 e. The molecule has 0 N–H and O–H groups in total. The highest BCUT2D eigenvalue weighted by molar-refractivity contribution is 5.42. The van der Waals surface area contributed by atoms with Crippen LogP contribution in [0.4, 0.5) is 0 Å². The van der Waals surface area contributed by atoms with Crippen molar-refractivity contribution in [2.45, 2.75) is 85.0 Å². The molecule has 0 heterocycles. The molecule has 0 aliphatic rings. The van der Waals surface area contributed by atoms with Gasteiger partial charge in [0.2, 0.25) is 0 Å². The molecule has 2 rings (SSSR count). The number of benzene rings is 2. The molecule has 0 atom stereocenters. The van der Waals surface area contributed by atoms with Crippen LogP contribution in [0.2, 0.25) is 0 Å². The molecule has 25 heavy (non-hydrogen) atoms. The van der Waals surface area contributed by atoms with Crippen LogP contribution in [0.25, 0.3) is 0 Å². The maximum atomic E-state index is 2.43. The van der Waals surface area contributed by atoms with Gasteiger partial charge in [-0.3, -0.25) is 0 Å². The summed E-state index contributed by atoms with van der Waals surface area (Å²) in [5.41, 5.74) is 7.68. The number of hydrogen-bond donors (Lipinski definition) is 0. The first kappa shape index (κ1) is 19.8. The lowest BCUT2D eigenvalue weighted by Crippen LogP contribution is -2.18. The Kier molecular flexibility index (Phi) is 5.24. The Morgan fingerprint density at radius 2 is 1.04 bits per heavy atom. The van der Waals surface area contributed by atoms with E-state index >= 15 is 0 Å². The molecule has 0 saturated carbocycles. The highest BCUT2D eigenvalue weighted by Crippen LogP contribution is 2.33. The van der Waals surface area contributed by atoms with Crippen molar-refractivity contribution in [3.05, 3.63) is 70.3 Å². The van der Waals surface area contributed by atoms with Crippen LogP contribution in [-0.2, 0) is 22.7 Å². The average molecular weight is 337 g/mol. The van der Waals surface area contributed by atoms with Crippen molar-refractivity contribution in [1.29, 1.82) is 0 Å². The van der Waals surface area contributed by atoms with Gasteiger partial charge in [0.25, 0.3) is 0 Å². The number of rotatable bonds is 2. The Balaban J connectivity index is 2.39. The molecular formula is C25H36. The van der Waals surface area contributed by atoms with Gasteiger partial charge in [0.05, 0.1) is 0 Å². The second-order valence-corrected chi connectivity index (χ2v) is 10.5. The normalized spacial score (nSPS) is 13.2. The monoisotopic (exact) mass is 336 g/mol. The summed E-state index contributed by atoms with van der Waals surface area (Å²) in [5, 5.41) is 0. The van der Waals surface area contributed by atoms with Crippen LogP contribution in [0, 0.1) is 0 Å². The molecule has 0 saturated heterocycles. The fourth-order valence-corrected chi connectivity index (χ4v) is 3.24. The molecule has 0 bridgehead atoms. The summed E-state index contributed by atoms with van der Waals surface area (Å²) in [4.78, 5) is 0. The van der Waals surface area contributed by atoms with Gasteiger partial charge in [0.1, 0.15) is 0 Å². The van der Waals surface area contributed by atoms with Crippen molar-refractivity contribution >= 4 is 0 Å². The van der Waals surface area contributed by atoms with Gasteiger partial charge in [-0.25, -0.2) is 0 Å². The Hall–Kier alpha value is -1.56. The molecule has 2 aromatic carbocycles. The van der Waals surface area contributed by atoms with E-state index in [1.54, 1.807) is 0 Å². The van der Waals surface area contributed by atoms with E-state index in [2.05, 4.69) is 105 Å². The molecule has 0 spiro atoms. The maximum absolute atomic E-state index is 2.43. The van der Waals surface area contributed by atoms with Gasteiger partial charge >= 0.3 is 0 Å². The van der Waals surface area contributed by atoms with Gasteiger partial charge in [0, 0.05) is 0 Å². The topological polar surface area (TPSA) is 0 Å². The third kappa shape index (κ3) is 4.97. The summed E-state index contributed by atoms with van der Waals surface area (Å²) in [7, 11) is 0. The van der Waals surface area contributed by atoms with E-state index in [0.717, 1.165) is 6.42 Å². The molecule has 2 aromatic rings. The zero-order valence-corrected chi connectivity index (χ0v) is 17.7. The zero-order valence-electron chi connectivity index (χ0n) is 17.7. The van der Waals surface area contributed by atoms with Crippen molar-refractivity contribution in [1.82, 2.24) is 0 Å². The molecule has 136 valence electrons. The predicted molar refractivity (Wildman–Crippen MR) is 112 cm³/mol. The molecule has 0 fully saturated rings. The largest absolute Gasteiger partial charge is 0.0584 e. The molecular weight excluding hydrogens is 300 g/mol. The molecule has 0 amide bonds. The highest BCUT2D eigenvalue weighted by atomic mass is 14.3. The smallest absolute Gasteiger partial charge is 0.00228 e. The SMILES string of the molecule is CC(C)(C)c1ccc(Cc2ccc(C(C)(C)C)cc2C(C)(C)C)cc1. The Morgan fingerprint density at radius 1 is 0.560 bits per heavy atom. The molecule has 0 heteroatoms. The molecule has 0 aliphatic carbocycles. The van der Waals surface area contributed by atoms with Crippen LogP contribution in [0.3, 0.4) is 0 Å². The van der Waals surface area contributed by atoms with Crippen LogP contribution < -0.4 is 0 Å². The van der Waals surface area contributed by atoms with E-state index in [9.17, 15) is 0 Å². The van der Waals surface area contributed by atoms with E-state index in [4.69, 9.17) is 0 Å². The lowest BCUT2D eigenvalue weighted by molar-refractivity contribution is 0.564. The number of hydrogen-bond acceptors (Lipinski definition) is 0. The van der Waals surface area contributed by atoms with Gasteiger partial charge in [-0.05, 0) is 50.5 Å². The maximum Gasteiger partial charge on any atom is -0.00228 e. The van der Waals surface area contributed by atoms with Gasteiger partial charge in [-0.2, -0.15) is 0 Å². The summed E-state index contributed by atoms with van der Waals surface area (Å²) in [6.45, 7) is 20.6. The Bertz CT molecular complexity index is 711. The zero-order chi connectivity index (χ0) is 19.0. The standard InChI is InChI=1S/C25H36/c1-23(2,3)20-13-10-18(11-14-20)16-19-12-15-21(24(4,5)6)17-22(19)25(7,8)9/h10-15,17H,16H2,1-9H3. The molecule has 0 aromatic heterocycles. The highest BCUT2D eigenvalue weighted by Gasteiger charge is 2.22. The summed E-state index contributed by atoms with van der Waals surface area (Å²) < 4.78 is 0. The van der Waals surface area contributed by atoms with Gasteiger partial charge in [-0.1, -0.05) is 105 Å². The van der Waals surface area contributed by atoms with Crippen LogP contribution >= 0.6 is 0 Å². The van der Waals surface area contributed by atoms with E-state index in [0.29, 0.717) is 0 Å². The molecule has 0 radical (unpaired) electrons. The van der Waals surface area contributed by atoms with Crippen molar-refractivity contribution in [2.75, 3.05) is 0 Å². The van der Waals surface area contributed by atoms with E-state index < -0.39 is 0 Å². The van der Waals surface area contributed by atoms with Crippen molar-refractivity contribution in [3.8, 4) is 0 Å². The Labute approximate surface area is 155 Å². The van der Waals surface area contributed by atoms with Crippen LogP contribution in [0.15, 0.2) is 42.5 Å². The quantitative estimate of drug-likeness (QED) is 0.545. The second-order valence-electron chi connectivity index (χ2n) is 10.5. The van der Waals surface area contributed by atoms with E-state index in [1.807, 2.05) is 0 Å². The van der Waals surface area contributed by atoms with Crippen molar-refractivity contribution < 1.29 is 0 Å². The Morgan fingerprint density at radius 3 is 1.48 bits per heavy atom.